The normalized spacial score (nSPS) is 27.0. The van der Waals surface area contributed by atoms with Crippen LogP contribution in [0.3, 0.4) is 0 Å². The molecule has 1 saturated heterocycles. The number of benzene rings is 1. The fraction of sp³-hybridized carbons (Fsp3) is 0.625. The van der Waals surface area contributed by atoms with Crippen molar-refractivity contribution in [1.82, 2.24) is 9.34 Å². The lowest BCUT2D eigenvalue weighted by Gasteiger charge is -2.47. The Morgan fingerprint density at radius 2 is 1.81 bits per heavy atom. The van der Waals surface area contributed by atoms with Crippen LogP contribution in [0.5, 0.6) is 0 Å². The number of nitrogens with zero attached hydrogens (tertiary/aromatic N) is 3. The molecule has 1 aromatic carbocycles. The monoisotopic (exact) mass is 309 g/mol. The fourth-order valence-corrected chi connectivity index (χ4v) is 7.03. The zero-order chi connectivity index (χ0) is 15.6. The molecule has 0 spiro atoms. The molecule has 0 aliphatic carbocycles. The van der Waals surface area contributed by atoms with Crippen molar-refractivity contribution in [3.63, 3.8) is 0 Å². The van der Waals surface area contributed by atoms with Gasteiger partial charge in [-0.25, -0.2) is 4.67 Å². The van der Waals surface area contributed by atoms with Gasteiger partial charge in [-0.15, -0.1) is 9.34 Å². The van der Waals surface area contributed by atoms with Crippen LogP contribution in [0.4, 0.5) is 5.69 Å². The smallest absolute Gasteiger partial charge is 0.210 e. The Labute approximate surface area is 129 Å². The first-order valence-corrected chi connectivity index (χ1v) is 9.50. The van der Waals surface area contributed by atoms with Gasteiger partial charge in [-0.2, -0.15) is 0 Å². The molecule has 1 unspecified atom stereocenters. The van der Waals surface area contributed by atoms with Crippen molar-refractivity contribution in [2.24, 2.45) is 0 Å². The molecule has 0 N–H and O–H groups in total. The summed E-state index contributed by atoms with van der Waals surface area (Å²) in [6.45, 7) is 13.1. The third kappa shape index (κ3) is 2.83. The highest BCUT2D eigenvalue weighted by Gasteiger charge is 2.56. The Hall–Kier alpha value is -0.670. The maximum Gasteiger partial charge on any atom is 0.210 e. The lowest BCUT2D eigenvalue weighted by atomic mass is 10.2. The van der Waals surface area contributed by atoms with Gasteiger partial charge >= 0.3 is 0 Å². The van der Waals surface area contributed by atoms with Gasteiger partial charge in [-0.05, 0) is 46.8 Å². The van der Waals surface area contributed by atoms with Crippen LogP contribution in [-0.4, -0.2) is 41.1 Å². The minimum Gasteiger partial charge on any atom is -0.631 e. The third-order valence-corrected chi connectivity index (χ3v) is 7.97. The molecule has 1 aliphatic heterocycles. The van der Waals surface area contributed by atoms with E-state index in [1.165, 1.54) is 0 Å². The molecule has 0 amide bonds. The van der Waals surface area contributed by atoms with Crippen molar-refractivity contribution in [3.8, 4) is 0 Å². The van der Waals surface area contributed by atoms with Crippen molar-refractivity contribution in [1.29, 1.82) is 0 Å². The van der Waals surface area contributed by atoms with Gasteiger partial charge in [0.05, 0.1) is 18.3 Å². The van der Waals surface area contributed by atoms with Crippen LogP contribution in [0.1, 0.15) is 34.6 Å². The summed E-state index contributed by atoms with van der Waals surface area (Å²) in [5, 5.41) is 0. The summed E-state index contributed by atoms with van der Waals surface area (Å²) in [5.41, 5.74) is 1.06. The summed E-state index contributed by atoms with van der Waals surface area (Å²) in [7, 11) is -2.73. The van der Waals surface area contributed by atoms with E-state index in [0.717, 1.165) is 25.3 Å². The molecule has 2 atom stereocenters. The lowest BCUT2D eigenvalue weighted by Crippen LogP contribution is -2.48. The molecule has 4 nitrogen and oxygen atoms in total. The highest BCUT2D eigenvalue weighted by Crippen LogP contribution is 2.66. The SMILES string of the molecule is CCN(CC)[P+]1([O-])N(c2ccccc2)C[C@@H](C)N1C(C)C. The Morgan fingerprint density at radius 1 is 1.24 bits per heavy atom. The van der Waals surface area contributed by atoms with E-state index in [0.29, 0.717) is 0 Å². The molecule has 5 heteroatoms. The Balaban J connectivity index is 2.48. The van der Waals surface area contributed by atoms with E-state index in [-0.39, 0.29) is 12.1 Å². The second-order valence-corrected chi connectivity index (χ2v) is 8.43. The molecule has 1 aliphatic rings. The summed E-state index contributed by atoms with van der Waals surface area (Å²) in [6.07, 6.45) is 0. The van der Waals surface area contributed by atoms with E-state index < -0.39 is 7.94 Å². The minimum absolute atomic E-state index is 0.264. The summed E-state index contributed by atoms with van der Waals surface area (Å²) < 4.78 is 6.47. The van der Waals surface area contributed by atoms with Crippen molar-refractivity contribution in [2.45, 2.75) is 46.7 Å². The van der Waals surface area contributed by atoms with Crippen LogP contribution in [-0.2, 0) is 0 Å². The van der Waals surface area contributed by atoms with Crippen LogP contribution >= 0.6 is 7.94 Å². The van der Waals surface area contributed by atoms with Crippen molar-refractivity contribution in [2.75, 3.05) is 24.3 Å². The van der Waals surface area contributed by atoms with Gasteiger partial charge in [0.1, 0.15) is 0 Å². The highest BCUT2D eigenvalue weighted by molar-refractivity contribution is 7.66. The van der Waals surface area contributed by atoms with Gasteiger partial charge in [0.25, 0.3) is 0 Å². The van der Waals surface area contributed by atoms with Crippen LogP contribution in [0.2, 0.25) is 0 Å². The number of hydrogen-bond acceptors (Lipinski definition) is 4. The topological polar surface area (TPSA) is 32.8 Å². The zero-order valence-electron chi connectivity index (χ0n) is 13.9. The predicted octanol–water partition coefficient (Wildman–Crippen LogP) is 2.99. The Bertz CT molecular complexity index is 452. The maximum atomic E-state index is 14.1. The van der Waals surface area contributed by atoms with Crippen molar-refractivity contribution in [3.05, 3.63) is 30.3 Å². The van der Waals surface area contributed by atoms with Crippen LogP contribution in [0.15, 0.2) is 30.3 Å². The molecule has 0 saturated carbocycles. The zero-order valence-corrected chi connectivity index (χ0v) is 14.8. The van der Waals surface area contributed by atoms with Gasteiger partial charge < -0.3 is 4.89 Å². The van der Waals surface area contributed by atoms with E-state index in [1.807, 2.05) is 18.2 Å². The fourth-order valence-electron chi connectivity index (χ4n) is 3.38. The molecule has 0 radical (unpaired) electrons. The van der Waals surface area contributed by atoms with Gasteiger partial charge in [-0.3, -0.25) is 0 Å². The molecule has 1 aromatic rings. The van der Waals surface area contributed by atoms with Gasteiger partial charge in [-0.1, -0.05) is 18.2 Å². The molecule has 1 fully saturated rings. The standard InChI is InChI=1S/C16H28N3OP/c1-6-17(7-2)21(20)18(16-11-9-8-10-12-16)13-15(5)19(21)14(3)4/h8-12,14-15H,6-7,13H2,1-5H3/t15-,21?/m1/s1. The number of rotatable bonds is 5. The molecule has 118 valence electrons. The number of para-hydroxylation sites is 1. The number of hydrogen-bond donors (Lipinski definition) is 0. The summed E-state index contributed by atoms with van der Waals surface area (Å²) in [5.74, 6) is 0. The highest BCUT2D eigenvalue weighted by atomic mass is 31.2. The Kier molecular flexibility index (Phi) is 5.26. The first-order chi connectivity index (χ1) is 9.96. The van der Waals surface area contributed by atoms with E-state index in [9.17, 15) is 4.89 Å². The van der Waals surface area contributed by atoms with Gasteiger partial charge in [0.2, 0.25) is 7.94 Å². The summed E-state index contributed by atoms with van der Waals surface area (Å²) in [4.78, 5) is 14.1. The molecular formula is C16H28N3OP. The average Bonchev–Trinajstić information content (AvgIpc) is 2.73. The second kappa shape index (κ2) is 6.62. The summed E-state index contributed by atoms with van der Waals surface area (Å²) in [6, 6.07) is 10.7. The first-order valence-electron chi connectivity index (χ1n) is 7.94. The van der Waals surface area contributed by atoms with Gasteiger partial charge in [0, 0.05) is 19.1 Å². The quantitative estimate of drug-likeness (QED) is 0.783. The third-order valence-electron chi connectivity index (χ3n) is 4.19. The van der Waals surface area contributed by atoms with Crippen LogP contribution < -0.4 is 9.56 Å². The molecule has 0 aromatic heterocycles. The van der Waals surface area contributed by atoms with Crippen LogP contribution in [0.25, 0.3) is 0 Å². The predicted molar refractivity (Wildman–Crippen MR) is 90.1 cm³/mol. The minimum atomic E-state index is -2.73. The van der Waals surface area contributed by atoms with Crippen molar-refractivity contribution >= 4 is 13.6 Å². The van der Waals surface area contributed by atoms with E-state index in [4.69, 9.17) is 0 Å². The Morgan fingerprint density at radius 3 is 2.29 bits per heavy atom. The first kappa shape index (κ1) is 16.7. The largest absolute Gasteiger partial charge is 0.631 e. The molecule has 2 rings (SSSR count). The number of anilines is 1. The molecule has 1 heterocycles. The summed E-state index contributed by atoms with van der Waals surface area (Å²) >= 11 is 0. The second-order valence-electron chi connectivity index (χ2n) is 5.89. The molecular weight excluding hydrogens is 281 g/mol. The lowest BCUT2D eigenvalue weighted by molar-refractivity contribution is -0.195. The van der Waals surface area contributed by atoms with E-state index in [2.05, 4.69) is 60.8 Å². The molecule has 21 heavy (non-hydrogen) atoms. The van der Waals surface area contributed by atoms with Crippen molar-refractivity contribution < 1.29 is 4.89 Å². The molecule has 0 bridgehead atoms. The maximum absolute atomic E-state index is 14.1. The van der Waals surface area contributed by atoms with E-state index >= 15 is 0 Å². The van der Waals surface area contributed by atoms with E-state index in [1.54, 1.807) is 0 Å². The van der Waals surface area contributed by atoms with Gasteiger partial charge in [0.15, 0.2) is 0 Å². The van der Waals surface area contributed by atoms with Crippen LogP contribution in [0, 0.1) is 0 Å². The average molecular weight is 309 g/mol.